The number of benzene rings is 1. The second kappa shape index (κ2) is 7.31. The van der Waals surface area contributed by atoms with Gasteiger partial charge in [-0.3, -0.25) is 9.59 Å². The number of nitrogens with zero attached hydrogens (tertiary/aromatic N) is 1. The van der Waals surface area contributed by atoms with Gasteiger partial charge >= 0.3 is 5.97 Å². The summed E-state index contributed by atoms with van der Waals surface area (Å²) in [7, 11) is 0. The Bertz CT molecular complexity index is 635. The number of carboxylic acid groups (broad SMARTS) is 1. The van der Waals surface area contributed by atoms with Crippen LogP contribution in [-0.4, -0.2) is 23.0 Å². The van der Waals surface area contributed by atoms with Gasteiger partial charge in [-0.05, 0) is 31.5 Å². The number of carbonyl (C=O) groups excluding carboxylic acids is 1. The number of anilines is 1. The van der Waals surface area contributed by atoms with Crippen LogP contribution in [0.25, 0.3) is 0 Å². The van der Waals surface area contributed by atoms with Gasteiger partial charge in [-0.25, -0.2) is 0 Å². The maximum Gasteiger partial charge on any atom is 0.325 e. The zero-order valence-electron chi connectivity index (χ0n) is 11.5. The van der Waals surface area contributed by atoms with Crippen molar-refractivity contribution >= 4 is 29.2 Å². The average Bonchev–Trinajstić information content (AvgIpc) is 2.43. The summed E-state index contributed by atoms with van der Waals surface area (Å²) in [5.41, 5.74) is 1.18. The van der Waals surface area contributed by atoms with Crippen molar-refractivity contribution in [2.45, 2.75) is 19.9 Å². The van der Waals surface area contributed by atoms with Gasteiger partial charge in [0, 0.05) is 16.9 Å². The van der Waals surface area contributed by atoms with E-state index in [1.807, 2.05) is 0 Å². The van der Waals surface area contributed by atoms with Crippen molar-refractivity contribution in [2.24, 2.45) is 0 Å². The third-order valence-corrected chi connectivity index (χ3v) is 3.13. The van der Waals surface area contributed by atoms with E-state index in [0.29, 0.717) is 10.7 Å². The normalized spacial score (nSPS) is 12.2. The molecule has 0 aliphatic carbocycles. The Labute approximate surface area is 127 Å². The molecule has 0 saturated heterocycles. The highest BCUT2D eigenvalue weighted by Crippen LogP contribution is 2.22. The molecule has 6 nitrogen and oxygen atoms in total. The Morgan fingerprint density at radius 3 is 2.71 bits per heavy atom. The number of hydrogen-bond donors (Lipinski definition) is 3. The first-order chi connectivity index (χ1) is 9.86. The average molecular weight is 308 g/mol. The number of hydrogen-bond acceptors (Lipinski definition) is 4. The highest BCUT2D eigenvalue weighted by molar-refractivity contribution is 6.31. The largest absolute Gasteiger partial charge is 0.480 e. The van der Waals surface area contributed by atoms with E-state index >= 15 is 0 Å². The highest BCUT2D eigenvalue weighted by atomic mass is 35.5. The van der Waals surface area contributed by atoms with Gasteiger partial charge in [0.15, 0.2) is 0 Å². The van der Waals surface area contributed by atoms with E-state index in [1.54, 1.807) is 31.2 Å². The number of carbonyl (C=O) groups is 2. The second-order valence-electron chi connectivity index (χ2n) is 4.26. The molecule has 0 aromatic heterocycles. The van der Waals surface area contributed by atoms with Crippen LogP contribution in [-0.2, 0) is 9.59 Å². The minimum Gasteiger partial charge on any atom is -0.480 e. The molecule has 3 N–H and O–H groups in total. The number of amides is 1. The topological polar surface area (TPSA) is 102 Å². The molecule has 1 amide bonds. The van der Waals surface area contributed by atoms with E-state index in [9.17, 15) is 9.59 Å². The SMILES string of the molecule is Cc1c(Cl)cccc1N/C=C(/C#N)C(=O)NC(C)C(=O)O. The molecule has 21 heavy (non-hydrogen) atoms. The quantitative estimate of drug-likeness (QED) is 0.571. The molecule has 7 heteroatoms. The fraction of sp³-hybridized carbons (Fsp3) is 0.214. The molecule has 0 fully saturated rings. The smallest absolute Gasteiger partial charge is 0.325 e. The van der Waals surface area contributed by atoms with E-state index in [4.69, 9.17) is 22.0 Å². The zero-order valence-corrected chi connectivity index (χ0v) is 12.2. The lowest BCUT2D eigenvalue weighted by Gasteiger charge is -2.10. The summed E-state index contributed by atoms with van der Waals surface area (Å²) in [5.74, 6) is -1.95. The lowest BCUT2D eigenvalue weighted by Crippen LogP contribution is -2.39. The van der Waals surface area contributed by atoms with Crippen LogP contribution in [0.1, 0.15) is 12.5 Å². The van der Waals surface area contributed by atoms with Crippen LogP contribution < -0.4 is 10.6 Å². The molecule has 0 aliphatic rings. The Morgan fingerprint density at radius 1 is 1.48 bits per heavy atom. The number of halogens is 1. The van der Waals surface area contributed by atoms with Gasteiger partial charge in [-0.15, -0.1) is 0 Å². The molecular weight excluding hydrogens is 294 g/mol. The monoisotopic (exact) mass is 307 g/mol. The minimum atomic E-state index is -1.18. The van der Waals surface area contributed by atoms with E-state index < -0.39 is 17.9 Å². The molecule has 0 heterocycles. The van der Waals surface area contributed by atoms with Gasteiger partial charge in [0.2, 0.25) is 0 Å². The molecule has 1 unspecified atom stereocenters. The first kappa shape index (κ1) is 16.5. The Balaban J connectivity index is 2.85. The molecule has 1 aromatic carbocycles. The van der Waals surface area contributed by atoms with Crippen LogP contribution in [0.15, 0.2) is 30.0 Å². The molecule has 1 aromatic rings. The summed E-state index contributed by atoms with van der Waals surface area (Å²) >= 11 is 5.96. The van der Waals surface area contributed by atoms with Crippen molar-refractivity contribution in [1.82, 2.24) is 5.32 Å². The molecule has 110 valence electrons. The lowest BCUT2D eigenvalue weighted by molar-refractivity contribution is -0.140. The van der Waals surface area contributed by atoms with E-state index in [1.165, 1.54) is 13.1 Å². The predicted octanol–water partition coefficient (Wildman–Crippen LogP) is 2.06. The van der Waals surface area contributed by atoms with Crippen molar-refractivity contribution in [3.05, 3.63) is 40.6 Å². The molecule has 1 rings (SSSR count). The first-order valence-corrected chi connectivity index (χ1v) is 6.40. The zero-order chi connectivity index (χ0) is 16.0. The van der Waals surface area contributed by atoms with Crippen LogP contribution >= 0.6 is 11.6 Å². The molecule has 0 saturated carbocycles. The Kier molecular flexibility index (Phi) is 5.76. The van der Waals surface area contributed by atoms with Gasteiger partial charge in [0.1, 0.15) is 17.7 Å². The van der Waals surface area contributed by atoms with Gasteiger partial charge in [-0.2, -0.15) is 5.26 Å². The van der Waals surface area contributed by atoms with E-state index in [-0.39, 0.29) is 5.57 Å². The van der Waals surface area contributed by atoms with Gasteiger partial charge in [0.05, 0.1) is 0 Å². The fourth-order valence-electron chi connectivity index (χ4n) is 1.40. The first-order valence-electron chi connectivity index (χ1n) is 6.02. The minimum absolute atomic E-state index is 0.234. The van der Waals surface area contributed by atoms with Crippen molar-refractivity contribution in [2.75, 3.05) is 5.32 Å². The lowest BCUT2D eigenvalue weighted by atomic mass is 10.2. The van der Waals surface area contributed by atoms with Crippen LogP contribution in [0.2, 0.25) is 5.02 Å². The van der Waals surface area contributed by atoms with Crippen molar-refractivity contribution in [3.8, 4) is 6.07 Å². The maximum absolute atomic E-state index is 11.7. The number of aliphatic carboxylic acids is 1. The van der Waals surface area contributed by atoms with E-state index in [2.05, 4.69) is 10.6 Å². The summed E-state index contributed by atoms with van der Waals surface area (Å²) in [6.07, 6.45) is 1.21. The van der Waals surface area contributed by atoms with Crippen molar-refractivity contribution < 1.29 is 14.7 Å². The molecule has 1 atom stereocenters. The Morgan fingerprint density at radius 2 is 2.14 bits per heavy atom. The second-order valence-corrected chi connectivity index (χ2v) is 4.67. The molecular formula is C14H14ClN3O3. The Hall–Kier alpha value is -2.52. The third-order valence-electron chi connectivity index (χ3n) is 2.72. The molecule has 0 spiro atoms. The van der Waals surface area contributed by atoms with Crippen molar-refractivity contribution in [1.29, 1.82) is 5.26 Å². The molecule has 0 bridgehead atoms. The fourth-order valence-corrected chi connectivity index (χ4v) is 1.57. The highest BCUT2D eigenvalue weighted by Gasteiger charge is 2.17. The van der Waals surface area contributed by atoms with Gasteiger partial charge in [-0.1, -0.05) is 17.7 Å². The summed E-state index contributed by atoms with van der Waals surface area (Å²) in [4.78, 5) is 22.4. The third kappa shape index (κ3) is 4.51. The standard InChI is InChI=1S/C14H14ClN3O3/c1-8-11(15)4-3-5-12(8)17-7-10(6-16)13(19)18-9(2)14(20)21/h3-5,7,9,17H,1-2H3,(H,18,19)(H,20,21)/b10-7-. The molecule has 0 radical (unpaired) electrons. The number of nitriles is 1. The van der Waals surface area contributed by atoms with Crippen molar-refractivity contribution in [3.63, 3.8) is 0 Å². The van der Waals surface area contributed by atoms with Gasteiger partial charge in [0.25, 0.3) is 5.91 Å². The number of carboxylic acids is 1. The van der Waals surface area contributed by atoms with Crippen LogP contribution in [0.5, 0.6) is 0 Å². The maximum atomic E-state index is 11.7. The van der Waals surface area contributed by atoms with Crippen LogP contribution in [0.3, 0.4) is 0 Å². The predicted molar refractivity (Wildman–Crippen MR) is 78.7 cm³/mol. The molecule has 0 aliphatic heterocycles. The summed E-state index contributed by atoms with van der Waals surface area (Å²) in [6, 6.07) is 5.82. The van der Waals surface area contributed by atoms with Crippen LogP contribution in [0.4, 0.5) is 5.69 Å². The summed E-state index contributed by atoms with van der Waals surface area (Å²) in [6.45, 7) is 3.10. The number of nitrogens with one attached hydrogen (secondary N) is 2. The summed E-state index contributed by atoms with van der Waals surface area (Å²) < 4.78 is 0. The van der Waals surface area contributed by atoms with E-state index in [0.717, 1.165) is 5.56 Å². The van der Waals surface area contributed by atoms with Crippen LogP contribution in [0, 0.1) is 18.3 Å². The summed E-state index contributed by atoms with van der Waals surface area (Å²) in [5, 5.41) is 23.2. The van der Waals surface area contributed by atoms with Gasteiger partial charge < -0.3 is 15.7 Å². The number of rotatable bonds is 5.